The zero-order valence-corrected chi connectivity index (χ0v) is 16.5. The van der Waals surface area contributed by atoms with Crippen LogP contribution in [0.4, 0.5) is 0 Å². The normalized spacial score (nSPS) is 15.7. The Morgan fingerprint density at radius 3 is 2.79 bits per heavy atom. The first-order valence-electron chi connectivity index (χ1n) is 9.77. The van der Waals surface area contributed by atoms with E-state index in [0.29, 0.717) is 18.7 Å². The monoisotopic (exact) mass is 384 g/mol. The van der Waals surface area contributed by atoms with Crippen molar-refractivity contribution >= 4 is 11.9 Å². The van der Waals surface area contributed by atoms with Gasteiger partial charge in [0.1, 0.15) is 0 Å². The van der Waals surface area contributed by atoms with Crippen molar-refractivity contribution in [3.63, 3.8) is 0 Å². The molecule has 0 saturated carbocycles. The number of rotatable bonds is 8. The maximum absolute atomic E-state index is 12.4. The minimum atomic E-state index is -0.219. The summed E-state index contributed by atoms with van der Waals surface area (Å²) in [6, 6.07) is 10.5. The van der Waals surface area contributed by atoms with Crippen LogP contribution in [-0.2, 0) is 35.3 Å². The first-order valence-corrected chi connectivity index (χ1v) is 9.77. The molecule has 2 N–H and O–H groups in total. The van der Waals surface area contributed by atoms with Gasteiger partial charge in [-0.1, -0.05) is 30.3 Å². The molecule has 28 heavy (non-hydrogen) atoms. The highest BCUT2D eigenvalue weighted by Gasteiger charge is 2.28. The zero-order valence-electron chi connectivity index (χ0n) is 16.5. The van der Waals surface area contributed by atoms with Gasteiger partial charge in [0.05, 0.1) is 13.5 Å². The number of nitrogens with one attached hydrogen (secondary N) is 2. The molecule has 7 nitrogen and oxygen atoms in total. The smallest absolute Gasteiger partial charge is 0.306 e. The molecule has 1 heterocycles. The highest BCUT2D eigenvalue weighted by Crippen LogP contribution is 2.25. The van der Waals surface area contributed by atoms with E-state index in [1.54, 1.807) is 7.05 Å². The van der Waals surface area contributed by atoms with Gasteiger partial charge < -0.3 is 15.4 Å². The van der Waals surface area contributed by atoms with Crippen LogP contribution in [0, 0.1) is 0 Å². The predicted molar refractivity (Wildman–Crippen MR) is 106 cm³/mol. The summed E-state index contributed by atoms with van der Waals surface area (Å²) < 4.78 is 6.68. The quantitative estimate of drug-likeness (QED) is 0.674. The molecule has 1 aromatic heterocycles. The van der Waals surface area contributed by atoms with Crippen molar-refractivity contribution in [3.8, 4) is 0 Å². The average molecular weight is 384 g/mol. The minimum Gasteiger partial charge on any atom is -0.469 e. The van der Waals surface area contributed by atoms with Gasteiger partial charge in [-0.05, 0) is 31.2 Å². The van der Waals surface area contributed by atoms with Crippen LogP contribution in [0.2, 0.25) is 0 Å². The molecule has 1 atom stereocenters. The molecule has 1 aromatic carbocycles. The van der Waals surface area contributed by atoms with Crippen molar-refractivity contribution in [2.45, 2.75) is 44.7 Å². The maximum atomic E-state index is 12.4. The van der Waals surface area contributed by atoms with Crippen LogP contribution in [-0.4, -0.2) is 48.4 Å². The number of fused-ring (bicyclic) bond motifs is 1. The Morgan fingerprint density at radius 1 is 1.29 bits per heavy atom. The topological polar surface area (TPSA) is 85.3 Å². The lowest BCUT2D eigenvalue weighted by Gasteiger charge is -2.24. The van der Waals surface area contributed by atoms with Crippen LogP contribution < -0.4 is 10.6 Å². The maximum Gasteiger partial charge on any atom is 0.306 e. The molecule has 0 saturated heterocycles. The van der Waals surface area contributed by atoms with Crippen molar-refractivity contribution in [1.29, 1.82) is 0 Å². The molecule has 0 fully saturated rings. The number of hydrogen-bond donors (Lipinski definition) is 2. The fourth-order valence-corrected chi connectivity index (χ4v) is 3.71. The highest BCUT2D eigenvalue weighted by atomic mass is 16.5. The molecule has 0 bridgehead atoms. The number of carbonyl (C=O) groups is 2. The second kappa shape index (κ2) is 9.50. The molecular weight excluding hydrogens is 356 g/mol. The fourth-order valence-electron chi connectivity index (χ4n) is 3.71. The lowest BCUT2D eigenvalue weighted by atomic mass is 9.91. The summed E-state index contributed by atoms with van der Waals surface area (Å²) in [6.45, 7) is 1.33. The summed E-state index contributed by atoms with van der Waals surface area (Å²) in [5.41, 5.74) is 3.95. The van der Waals surface area contributed by atoms with Gasteiger partial charge in [-0.15, -0.1) is 0 Å². The van der Waals surface area contributed by atoms with Gasteiger partial charge in [0.25, 0.3) is 5.91 Å². The van der Waals surface area contributed by atoms with Crippen LogP contribution in [0.5, 0.6) is 0 Å². The lowest BCUT2D eigenvalue weighted by molar-refractivity contribution is -0.140. The Hall–Kier alpha value is -2.67. The number of aromatic nitrogens is 2. The van der Waals surface area contributed by atoms with Gasteiger partial charge in [0, 0.05) is 37.4 Å². The summed E-state index contributed by atoms with van der Waals surface area (Å²) in [7, 11) is 3.03. The third-order valence-electron chi connectivity index (χ3n) is 5.23. The van der Waals surface area contributed by atoms with Gasteiger partial charge >= 0.3 is 5.97 Å². The standard InChI is InChI=1S/C21H28N4O3/c1-22-21(27)20-17-14-16(23-12-10-19(26)28-2)8-9-18(17)25(24-20)13-11-15-6-4-3-5-7-15/h3-7,16,23H,8-14H2,1-2H3,(H,22,27). The van der Waals surface area contributed by atoms with Crippen LogP contribution in [0.1, 0.15) is 40.2 Å². The molecule has 3 rings (SSSR count). The first-order chi connectivity index (χ1) is 13.6. The van der Waals surface area contributed by atoms with Crippen LogP contribution in [0.3, 0.4) is 0 Å². The van der Waals surface area contributed by atoms with Crippen molar-refractivity contribution in [3.05, 3.63) is 52.8 Å². The summed E-state index contributed by atoms with van der Waals surface area (Å²) in [5, 5.41) is 10.7. The van der Waals surface area contributed by atoms with Crippen LogP contribution in [0.25, 0.3) is 0 Å². The number of nitrogens with zero attached hydrogens (tertiary/aromatic N) is 2. The molecule has 1 unspecified atom stereocenters. The van der Waals surface area contributed by atoms with Gasteiger partial charge in [0.2, 0.25) is 0 Å². The zero-order chi connectivity index (χ0) is 19.9. The van der Waals surface area contributed by atoms with E-state index in [0.717, 1.165) is 43.5 Å². The minimum absolute atomic E-state index is 0.148. The number of amides is 1. The Bertz CT molecular complexity index is 817. The van der Waals surface area contributed by atoms with Crippen LogP contribution >= 0.6 is 0 Å². The lowest BCUT2D eigenvalue weighted by Crippen LogP contribution is -2.36. The molecule has 0 radical (unpaired) electrons. The Kier molecular flexibility index (Phi) is 6.81. The van der Waals surface area contributed by atoms with Gasteiger partial charge in [-0.3, -0.25) is 14.3 Å². The van der Waals surface area contributed by atoms with E-state index < -0.39 is 0 Å². The predicted octanol–water partition coefficient (Wildman–Crippen LogP) is 1.50. The van der Waals surface area contributed by atoms with E-state index in [4.69, 9.17) is 0 Å². The second-order valence-electron chi connectivity index (χ2n) is 7.03. The highest BCUT2D eigenvalue weighted by molar-refractivity contribution is 5.93. The molecular formula is C21H28N4O3. The summed E-state index contributed by atoms with van der Waals surface area (Å²) in [4.78, 5) is 23.7. The average Bonchev–Trinajstić information content (AvgIpc) is 3.10. The van der Waals surface area contributed by atoms with Crippen molar-refractivity contribution in [1.82, 2.24) is 20.4 Å². The molecule has 1 aliphatic rings. The van der Waals surface area contributed by atoms with Crippen LogP contribution in [0.15, 0.2) is 30.3 Å². The van der Waals surface area contributed by atoms with Gasteiger partial charge in [-0.25, -0.2) is 0 Å². The number of hydrogen-bond acceptors (Lipinski definition) is 5. The first kappa shape index (κ1) is 20.1. The Labute approximate surface area is 165 Å². The van der Waals surface area contributed by atoms with Gasteiger partial charge in [-0.2, -0.15) is 5.10 Å². The van der Waals surface area contributed by atoms with E-state index in [1.165, 1.54) is 12.7 Å². The van der Waals surface area contributed by atoms with Crippen molar-refractivity contribution < 1.29 is 14.3 Å². The second-order valence-corrected chi connectivity index (χ2v) is 7.03. The van der Waals surface area contributed by atoms with E-state index in [2.05, 4.69) is 32.6 Å². The van der Waals surface area contributed by atoms with E-state index in [9.17, 15) is 9.59 Å². The van der Waals surface area contributed by atoms with E-state index in [1.807, 2.05) is 22.9 Å². The Morgan fingerprint density at radius 2 is 2.07 bits per heavy atom. The van der Waals surface area contributed by atoms with E-state index in [-0.39, 0.29) is 17.9 Å². The number of aryl methyl sites for hydroxylation is 2. The number of esters is 1. The number of carbonyl (C=O) groups excluding carboxylic acids is 2. The number of benzene rings is 1. The third-order valence-corrected chi connectivity index (χ3v) is 5.23. The molecule has 150 valence electrons. The molecule has 0 aliphatic heterocycles. The number of methoxy groups -OCH3 is 1. The summed E-state index contributed by atoms with van der Waals surface area (Å²) in [5.74, 6) is -0.367. The SMILES string of the molecule is CNC(=O)c1nn(CCc2ccccc2)c2c1CC(NCCC(=O)OC)CC2. The Balaban J connectivity index is 1.71. The van der Waals surface area contributed by atoms with E-state index >= 15 is 0 Å². The molecule has 1 aliphatic carbocycles. The fraction of sp³-hybridized carbons (Fsp3) is 0.476. The molecule has 2 aromatic rings. The summed E-state index contributed by atoms with van der Waals surface area (Å²) >= 11 is 0. The molecule has 1 amide bonds. The molecule has 0 spiro atoms. The third kappa shape index (κ3) is 4.78. The number of ether oxygens (including phenoxy) is 1. The molecule has 7 heteroatoms. The van der Waals surface area contributed by atoms with Gasteiger partial charge in [0.15, 0.2) is 5.69 Å². The van der Waals surface area contributed by atoms with Crippen molar-refractivity contribution in [2.75, 3.05) is 20.7 Å². The van der Waals surface area contributed by atoms with Crippen molar-refractivity contribution in [2.24, 2.45) is 0 Å². The summed E-state index contributed by atoms with van der Waals surface area (Å²) in [6.07, 6.45) is 3.79. The largest absolute Gasteiger partial charge is 0.469 e.